The van der Waals surface area contributed by atoms with Crippen molar-refractivity contribution >= 4 is 15.9 Å². The summed E-state index contributed by atoms with van der Waals surface area (Å²) >= 11 is 3.56. The van der Waals surface area contributed by atoms with Gasteiger partial charge in [-0.1, -0.05) is 15.9 Å². The van der Waals surface area contributed by atoms with E-state index >= 15 is 0 Å². The molecule has 2 heterocycles. The first kappa shape index (κ1) is 13.6. The van der Waals surface area contributed by atoms with Gasteiger partial charge < -0.3 is 14.6 Å². The van der Waals surface area contributed by atoms with Gasteiger partial charge >= 0.3 is 0 Å². The first-order valence-corrected chi connectivity index (χ1v) is 7.51. The number of hydrogen-bond acceptors (Lipinski definition) is 4. The number of fused-ring (bicyclic) bond motifs is 1. The molecule has 0 fully saturated rings. The van der Waals surface area contributed by atoms with Crippen molar-refractivity contribution < 1.29 is 4.74 Å². The number of hydrogen-bond donors (Lipinski definition) is 1. The summed E-state index contributed by atoms with van der Waals surface area (Å²) in [6.07, 6.45) is 3.60. The van der Waals surface area contributed by atoms with Gasteiger partial charge in [-0.2, -0.15) is 0 Å². The van der Waals surface area contributed by atoms with Crippen LogP contribution < -0.4 is 10.1 Å². The van der Waals surface area contributed by atoms with Crippen LogP contribution in [0.15, 0.2) is 22.9 Å². The lowest BCUT2D eigenvalue weighted by atomic mass is 10.1. The van der Waals surface area contributed by atoms with E-state index in [1.165, 1.54) is 11.1 Å². The van der Waals surface area contributed by atoms with Crippen LogP contribution in [0.3, 0.4) is 0 Å². The van der Waals surface area contributed by atoms with Crippen molar-refractivity contribution in [1.29, 1.82) is 0 Å². The molecule has 0 amide bonds. The third-order valence-corrected chi connectivity index (χ3v) is 3.93. The molecule has 0 spiro atoms. The van der Waals surface area contributed by atoms with E-state index in [1.54, 1.807) is 6.33 Å². The number of nitrogens with one attached hydrogen (secondary N) is 1. The maximum atomic E-state index is 5.72. The van der Waals surface area contributed by atoms with Crippen LogP contribution in [0.2, 0.25) is 0 Å². The minimum Gasteiger partial charge on any atom is -0.493 e. The van der Waals surface area contributed by atoms with Crippen LogP contribution >= 0.6 is 15.9 Å². The molecule has 3 rings (SSSR count). The van der Waals surface area contributed by atoms with Crippen LogP contribution in [0.1, 0.15) is 17.0 Å². The SMILES string of the molecule is Cn1cnnc1CCNCc1cc(Br)cc2c1OCC2. The molecule has 1 aliphatic heterocycles. The lowest BCUT2D eigenvalue weighted by molar-refractivity contribution is 0.352. The van der Waals surface area contributed by atoms with Gasteiger partial charge in [-0.05, 0) is 17.7 Å². The fourth-order valence-electron chi connectivity index (χ4n) is 2.43. The zero-order chi connectivity index (χ0) is 13.9. The predicted octanol–water partition coefficient (Wildman–Crippen LogP) is 1.84. The molecule has 0 radical (unpaired) electrons. The molecule has 1 aliphatic rings. The second kappa shape index (κ2) is 5.93. The van der Waals surface area contributed by atoms with Crippen molar-refractivity contribution in [3.05, 3.63) is 39.9 Å². The van der Waals surface area contributed by atoms with Gasteiger partial charge in [-0.15, -0.1) is 10.2 Å². The highest BCUT2D eigenvalue weighted by molar-refractivity contribution is 9.10. The monoisotopic (exact) mass is 336 g/mol. The Hall–Kier alpha value is -1.40. The summed E-state index contributed by atoms with van der Waals surface area (Å²) in [5.41, 5.74) is 2.51. The summed E-state index contributed by atoms with van der Waals surface area (Å²) in [7, 11) is 1.96. The number of nitrogens with zero attached hydrogens (tertiary/aromatic N) is 3. The lowest BCUT2D eigenvalue weighted by Gasteiger charge is -2.10. The highest BCUT2D eigenvalue weighted by Crippen LogP contribution is 2.32. The number of rotatable bonds is 5. The van der Waals surface area contributed by atoms with Crippen molar-refractivity contribution in [3.8, 4) is 5.75 Å². The summed E-state index contributed by atoms with van der Waals surface area (Å²) < 4.78 is 8.78. The normalized spacial score (nSPS) is 13.3. The van der Waals surface area contributed by atoms with Gasteiger partial charge in [0.1, 0.15) is 17.9 Å². The third-order valence-electron chi connectivity index (χ3n) is 3.47. The van der Waals surface area contributed by atoms with E-state index in [9.17, 15) is 0 Å². The van der Waals surface area contributed by atoms with E-state index in [0.29, 0.717) is 0 Å². The first-order chi connectivity index (χ1) is 9.74. The number of ether oxygens (including phenoxy) is 1. The fourth-order valence-corrected chi connectivity index (χ4v) is 2.99. The van der Waals surface area contributed by atoms with Gasteiger partial charge in [0, 0.05) is 43.0 Å². The lowest BCUT2D eigenvalue weighted by Crippen LogP contribution is -2.18. The highest BCUT2D eigenvalue weighted by atomic mass is 79.9. The van der Waals surface area contributed by atoms with Crippen molar-refractivity contribution in [2.24, 2.45) is 7.05 Å². The largest absolute Gasteiger partial charge is 0.493 e. The van der Waals surface area contributed by atoms with Gasteiger partial charge in [-0.25, -0.2) is 0 Å². The zero-order valence-electron chi connectivity index (χ0n) is 11.4. The van der Waals surface area contributed by atoms with Crippen LogP contribution in [0.5, 0.6) is 5.75 Å². The second-order valence-corrected chi connectivity index (χ2v) is 5.85. The molecule has 0 saturated carbocycles. The molecule has 0 unspecified atom stereocenters. The molecular formula is C14H17BrN4O. The van der Waals surface area contributed by atoms with Gasteiger partial charge in [0.15, 0.2) is 0 Å². The molecule has 0 aliphatic carbocycles. The predicted molar refractivity (Wildman–Crippen MR) is 79.8 cm³/mol. The summed E-state index contributed by atoms with van der Waals surface area (Å²) in [6, 6.07) is 4.27. The first-order valence-electron chi connectivity index (χ1n) is 6.72. The van der Waals surface area contributed by atoms with Crippen LogP contribution in [-0.2, 0) is 26.4 Å². The Morgan fingerprint density at radius 3 is 3.15 bits per heavy atom. The third kappa shape index (κ3) is 2.86. The summed E-state index contributed by atoms with van der Waals surface area (Å²) in [4.78, 5) is 0. The van der Waals surface area contributed by atoms with Crippen molar-refractivity contribution in [1.82, 2.24) is 20.1 Å². The standard InChI is InChI=1S/C14H17BrN4O/c1-19-9-17-18-13(19)2-4-16-8-11-7-12(15)6-10-3-5-20-14(10)11/h6-7,9,16H,2-5,8H2,1H3. The van der Waals surface area contributed by atoms with E-state index in [4.69, 9.17) is 4.74 Å². The van der Waals surface area contributed by atoms with Crippen molar-refractivity contribution in [2.45, 2.75) is 19.4 Å². The quantitative estimate of drug-likeness (QED) is 0.846. The molecule has 1 N–H and O–H groups in total. The summed E-state index contributed by atoms with van der Waals surface area (Å²) in [5.74, 6) is 2.05. The summed E-state index contributed by atoms with van der Waals surface area (Å²) in [6.45, 7) is 2.46. The van der Waals surface area contributed by atoms with Gasteiger partial charge in [0.25, 0.3) is 0 Å². The van der Waals surface area contributed by atoms with E-state index in [-0.39, 0.29) is 0 Å². The molecule has 5 nitrogen and oxygen atoms in total. The molecule has 1 aromatic heterocycles. The molecule has 106 valence electrons. The van der Waals surface area contributed by atoms with Crippen molar-refractivity contribution in [2.75, 3.05) is 13.2 Å². The van der Waals surface area contributed by atoms with Crippen LogP contribution in [0, 0.1) is 0 Å². The fraction of sp³-hybridized carbons (Fsp3) is 0.429. The topological polar surface area (TPSA) is 52.0 Å². The Morgan fingerprint density at radius 2 is 2.35 bits per heavy atom. The van der Waals surface area contributed by atoms with Crippen LogP contribution in [-0.4, -0.2) is 27.9 Å². The average molecular weight is 337 g/mol. The van der Waals surface area contributed by atoms with Crippen LogP contribution in [0.25, 0.3) is 0 Å². The Kier molecular flexibility index (Phi) is 4.03. The molecule has 0 saturated heterocycles. The number of aryl methyl sites for hydroxylation is 1. The van der Waals surface area contributed by atoms with Gasteiger partial charge in [0.2, 0.25) is 0 Å². The minimum atomic E-state index is 0.789. The number of benzene rings is 1. The zero-order valence-corrected chi connectivity index (χ0v) is 13.0. The van der Waals surface area contributed by atoms with E-state index < -0.39 is 0 Å². The molecular weight excluding hydrogens is 320 g/mol. The molecule has 1 aromatic carbocycles. The Bertz CT molecular complexity index is 611. The maximum absolute atomic E-state index is 5.72. The Morgan fingerprint density at radius 1 is 1.45 bits per heavy atom. The average Bonchev–Trinajstić information content (AvgIpc) is 3.03. The van der Waals surface area contributed by atoms with Gasteiger partial charge in [-0.3, -0.25) is 0 Å². The van der Waals surface area contributed by atoms with E-state index in [1.807, 2.05) is 11.6 Å². The highest BCUT2D eigenvalue weighted by Gasteiger charge is 2.17. The van der Waals surface area contributed by atoms with E-state index in [2.05, 4.69) is 43.6 Å². The molecule has 6 heteroatoms. The maximum Gasteiger partial charge on any atom is 0.133 e. The molecule has 2 aromatic rings. The van der Waals surface area contributed by atoms with E-state index in [0.717, 1.165) is 48.6 Å². The molecule has 20 heavy (non-hydrogen) atoms. The van der Waals surface area contributed by atoms with Gasteiger partial charge in [0.05, 0.1) is 6.61 Å². The Balaban J connectivity index is 1.58. The second-order valence-electron chi connectivity index (χ2n) is 4.94. The van der Waals surface area contributed by atoms with Crippen molar-refractivity contribution in [3.63, 3.8) is 0 Å². The minimum absolute atomic E-state index is 0.789. The molecule has 0 bridgehead atoms. The number of aromatic nitrogens is 3. The Labute approximate surface area is 126 Å². The summed E-state index contributed by atoms with van der Waals surface area (Å²) in [5, 5.41) is 11.4. The van der Waals surface area contributed by atoms with Crippen LogP contribution in [0.4, 0.5) is 0 Å². The molecule has 0 atom stereocenters. The number of halogens is 1. The smallest absolute Gasteiger partial charge is 0.133 e.